The monoisotopic (exact) mass is 157 g/mol. The molecule has 1 saturated heterocycles. The van der Waals surface area contributed by atoms with Crippen LogP contribution in [0.1, 0.15) is 19.3 Å². The van der Waals surface area contributed by atoms with Crippen molar-refractivity contribution in [3.63, 3.8) is 0 Å². The van der Waals surface area contributed by atoms with Crippen molar-refractivity contribution < 1.29 is 10.2 Å². The first-order chi connectivity index (χ1) is 5.22. The van der Waals surface area contributed by atoms with Gasteiger partial charge in [0.05, 0.1) is 12.2 Å². The molecule has 1 heterocycles. The van der Waals surface area contributed by atoms with Gasteiger partial charge in [-0.15, -0.1) is 0 Å². The van der Waals surface area contributed by atoms with E-state index >= 15 is 0 Å². The van der Waals surface area contributed by atoms with Crippen molar-refractivity contribution in [1.29, 1.82) is 0 Å². The maximum absolute atomic E-state index is 9.96. The highest BCUT2D eigenvalue weighted by Gasteiger charge is 2.56. The van der Waals surface area contributed by atoms with Crippen LogP contribution >= 0.6 is 0 Å². The molecular formula is C8H15NO2. The topological polar surface area (TPSA) is 52.5 Å². The van der Waals surface area contributed by atoms with E-state index in [1.807, 2.05) is 0 Å². The molecule has 0 amide bonds. The molecule has 0 radical (unpaired) electrons. The summed E-state index contributed by atoms with van der Waals surface area (Å²) in [6.45, 7) is 1.46. The lowest BCUT2D eigenvalue weighted by Crippen LogP contribution is -2.71. The molecule has 1 aliphatic carbocycles. The molecule has 0 aromatic heterocycles. The van der Waals surface area contributed by atoms with Gasteiger partial charge in [-0.3, -0.25) is 0 Å². The summed E-state index contributed by atoms with van der Waals surface area (Å²) in [4.78, 5) is 0. The van der Waals surface area contributed by atoms with Crippen LogP contribution in [0.15, 0.2) is 0 Å². The third kappa shape index (κ3) is 0.789. The van der Waals surface area contributed by atoms with Gasteiger partial charge in [-0.05, 0) is 12.8 Å². The molecule has 0 aromatic carbocycles. The summed E-state index contributed by atoms with van der Waals surface area (Å²) in [7, 11) is 0. The molecule has 0 unspecified atom stereocenters. The molecule has 64 valence electrons. The lowest BCUT2D eigenvalue weighted by molar-refractivity contribution is -0.175. The molecule has 0 bridgehead atoms. The van der Waals surface area contributed by atoms with Gasteiger partial charge in [-0.2, -0.15) is 0 Å². The van der Waals surface area contributed by atoms with Gasteiger partial charge in [0.15, 0.2) is 0 Å². The van der Waals surface area contributed by atoms with Crippen LogP contribution in [0.25, 0.3) is 0 Å². The van der Waals surface area contributed by atoms with Crippen molar-refractivity contribution in [2.45, 2.75) is 24.9 Å². The van der Waals surface area contributed by atoms with E-state index in [4.69, 9.17) is 5.11 Å². The van der Waals surface area contributed by atoms with Crippen LogP contribution in [-0.4, -0.2) is 35.5 Å². The molecule has 2 fully saturated rings. The lowest BCUT2D eigenvalue weighted by atomic mass is 9.57. The van der Waals surface area contributed by atoms with Gasteiger partial charge in [-0.1, -0.05) is 6.42 Å². The zero-order valence-electron chi connectivity index (χ0n) is 6.64. The van der Waals surface area contributed by atoms with Gasteiger partial charge in [0.2, 0.25) is 0 Å². The number of hydrogen-bond donors (Lipinski definition) is 3. The second-order valence-electron chi connectivity index (χ2n) is 3.93. The van der Waals surface area contributed by atoms with Crippen molar-refractivity contribution >= 4 is 0 Å². The summed E-state index contributed by atoms with van der Waals surface area (Å²) in [6, 6.07) is 0. The Labute approximate surface area is 66.4 Å². The highest BCUT2D eigenvalue weighted by Crippen LogP contribution is 2.50. The Kier molecular flexibility index (Phi) is 1.50. The van der Waals surface area contributed by atoms with Crippen LogP contribution < -0.4 is 5.32 Å². The molecule has 1 aliphatic heterocycles. The van der Waals surface area contributed by atoms with E-state index in [0.29, 0.717) is 13.1 Å². The van der Waals surface area contributed by atoms with Crippen molar-refractivity contribution in [2.24, 2.45) is 5.41 Å². The summed E-state index contributed by atoms with van der Waals surface area (Å²) in [5.41, 5.74) is -0.752. The van der Waals surface area contributed by atoms with E-state index in [2.05, 4.69) is 5.32 Å². The maximum Gasteiger partial charge on any atom is 0.0972 e. The molecule has 11 heavy (non-hydrogen) atoms. The van der Waals surface area contributed by atoms with Crippen LogP contribution in [-0.2, 0) is 0 Å². The van der Waals surface area contributed by atoms with Crippen LogP contribution in [0, 0.1) is 5.41 Å². The second-order valence-corrected chi connectivity index (χ2v) is 3.93. The minimum absolute atomic E-state index is 0.144. The quantitative estimate of drug-likeness (QED) is 0.505. The largest absolute Gasteiger partial charge is 0.396 e. The Hall–Kier alpha value is -0.120. The van der Waals surface area contributed by atoms with Gasteiger partial charge in [0.25, 0.3) is 0 Å². The summed E-state index contributed by atoms with van der Waals surface area (Å²) < 4.78 is 0. The zero-order chi connectivity index (χ0) is 7.95. The molecule has 2 aliphatic rings. The highest BCUT2D eigenvalue weighted by molar-refractivity contribution is 5.10. The third-order valence-electron chi connectivity index (χ3n) is 3.44. The number of hydrogen-bond acceptors (Lipinski definition) is 3. The van der Waals surface area contributed by atoms with Crippen molar-refractivity contribution in [1.82, 2.24) is 5.32 Å². The molecule has 3 N–H and O–H groups in total. The van der Waals surface area contributed by atoms with E-state index in [-0.39, 0.29) is 12.0 Å². The van der Waals surface area contributed by atoms with Crippen molar-refractivity contribution in [3.8, 4) is 0 Å². The summed E-state index contributed by atoms with van der Waals surface area (Å²) in [5.74, 6) is 0. The lowest BCUT2D eigenvalue weighted by Gasteiger charge is -2.56. The normalized spacial score (nSPS) is 32.2. The number of rotatable bonds is 2. The fourth-order valence-corrected chi connectivity index (χ4v) is 2.11. The minimum atomic E-state index is -0.597. The van der Waals surface area contributed by atoms with Crippen LogP contribution in [0.2, 0.25) is 0 Å². The van der Waals surface area contributed by atoms with Crippen molar-refractivity contribution in [3.05, 3.63) is 0 Å². The van der Waals surface area contributed by atoms with Gasteiger partial charge in [-0.25, -0.2) is 0 Å². The maximum atomic E-state index is 9.96. The Morgan fingerprint density at radius 1 is 1.27 bits per heavy atom. The predicted molar refractivity (Wildman–Crippen MR) is 41.2 cm³/mol. The Balaban J connectivity index is 2.10. The molecule has 0 atom stereocenters. The third-order valence-corrected chi connectivity index (χ3v) is 3.44. The van der Waals surface area contributed by atoms with E-state index in [1.54, 1.807) is 0 Å². The van der Waals surface area contributed by atoms with Crippen LogP contribution in [0.3, 0.4) is 0 Å². The van der Waals surface area contributed by atoms with E-state index in [9.17, 15) is 5.11 Å². The first-order valence-corrected chi connectivity index (χ1v) is 4.26. The molecule has 3 nitrogen and oxygen atoms in total. The first-order valence-electron chi connectivity index (χ1n) is 4.26. The molecule has 2 rings (SSSR count). The van der Waals surface area contributed by atoms with E-state index < -0.39 is 5.60 Å². The molecule has 0 spiro atoms. The fourth-order valence-electron chi connectivity index (χ4n) is 2.11. The average molecular weight is 157 g/mol. The number of aliphatic hydroxyl groups is 2. The molecule has 1 saturated carbocycles. The van der Waals surface area contributed by atoms with Gasteiger partial charge < -0.3 is 15.5 Å². The second kappa shape index (κ2) is 2.19. The van der Waals surface area contributed by atoms with Gasteiger partial charge >= 0.3 is 0 Å². The Morgan fingerprint density at radius 3 is 2.00 bits per heavy atom. The van der Waals surface area contributed by atoms with Gasteiger partial charge in [0, 0.05) is 18.5 Å². The molecular weight excluding hydrogens is 142 g/mol. The Morgan fingerprint density at radius 2 is 1.91 bits per heavy atom. The smallest absolute Gasteiger partial charge is 0.0972 e. The summed E-state index contributed by atoms with van der Waals surface area (Å²) in [5, 5.41) is 22.2. The summed E-state index contributed by atoms with van der Waals surface area (Å²) in [6.07, 6.45) is 3.13. The predicted octanol–water partition coefficient (Wildman–Crippen LogP) is -0.517. The van der Waals surface area contributed by atoms with Crippen LogP contribution in [0.4, 0.5) is 0 Å². The summed E-state index contributed by atoms with van der Waals surface area (Å²) >= 11 is 0. The van der Waals surface area contributed by atoms with Crippen LogP contribution in [0.5, 0.6) is 0 Å². The SMILES string of the molecule is OCC1(C2(O)CNC2)CCC1. The highest BCUT2D eigenvalue weighted by atomic mass is 16.3. The first kappa shape index (κ1) is 7.53. The van der Waals surface area contributed by atoms with Gasteiger partial charge in [0.1, 0.15) is 0 Å². The minimum Gasteiger partial charge on any atom is -0.396 e. The standard InChI is InChI=1S/C8H15NO2/c10-6-7(2-1-3-7)8(11)4-9-5-8/h9-11H,1-6H2. The van der Waals surface area contributed by atoms with E-state index in [0.717, 1.165) is 19.3 Å². The van der Waals surface area contributed by atoms with E-state index in [1.165, 1.54) is 0 Å². The Bertz CT molecular complexity index is 156. The number of β-amino-alcohol motifs (C(OH)–C–C–N with tert-alkyl or cyclic N) is 1. The molecule has 0 aromatic rings. The fraction of sp³-hybridized carbons (Fsp3) is 1.00. The zero-order valence-corrected chi connectivity index (χ0v) is 6.64. The number of aliphatic hydroxyl groups excluding tert-OH is 1. The number of nitrogens with one attached hydrogen (secondary N) is 1. The average Bonchev–Trinajstić information content (AvgIpc) is 1.83. The van der Waals surface area contributed by atoms with Crippen molar-refractivity contribution in [2.75, 3.05) is 19.7 Å². The molecule has 3 heteroatoms.